The van der Waals surface area contributed by atoms with Gasteiger partial charge in [0, 0.05) is 4.47 Å². The molecule has 0 saturated carbocycles. The van der Waals surface area contributed by atoms with Crippen molar-refractivity contribution in [2.45, 2.75) is 5.38 Å². The molecule has 0 heterocycles. The average Bonchev–Trinajstić information content (AvgIpc) is 2.02. The van der Waals surface area contributed by atoms with E-state index in [4.69, 9.17) is 0 Å². The molecule has 1 rings (SSSR count). The summed E-state index contributed by atoms with van der Waals surface area (Å²) >= 11 is 21.2. The summed E-state index contributed by atoms with van der Waals surface area (Å²) in [6.45, 7) is 0. The summed E-state index contributed by atoms with van der Waals surface area (Å²) in [7, 11) is 0. The van der Waals surface area contributed by atoms with Gasteiger partial charge in [0.1, 0.15) is 3.23 Å². The highest BCUT2D eigenvalue weighted by Crippen LogP contribution is 2.59. The Morgan fingerprint density at radius 1 is 0.857 bits per heavy atom. The molecular formula is C8H4Br6. The SMILES string of the molecule is Brc1ccccc1C(Br)(Br)C(Br)(Br)Br. The minimum atomic E-state index is -0.468. The molecule has 0 aliphatic rings. The van der Waals surface area contributed by atoms with Crippen LogP contribution in [0.5, 0.6) is 0 Å². The lowest BCUT2D eigenvalue weighted by molar-refractivity contribution is 1.01. The highest BCUT2D eigenvalue weighted by Gasteiger charge is 2.45. The van der Waals surface area contributed by atoms with E-state index in [0.717, 1.165) is 10.0 Å². The first-order valence-corrected chi connectivity index (χ1v) is 8.22. The lowest BCUT2D eigenvalue weighted by Crippen LogP contribution is -2.25. The van der Waals surface area contributed by atoms with E-state index in [-0.39, 0.29) is 0 Å². The molecule has 78 valence electrons. The van der Waals surface area contributed by atoms with Gasteiger partial charge in [0.05, 0.1) is 0 Å². The predicted octanol–water partition coefficient (Wildman–Crippen LogP) is 6.23. The quantitative estimate of drug-likeness (QED) is 0.346. The van der Waals surface area contributed by atoms with Crippen molar-refractivity contribution < 1.29 is 0 Å². The van der Waals surface area contributed by atoms with E-state index in [1.807, 2.05) is 24.3 Å². The van der Waals surface area contributed by atoms with Crippen LogP contribution in [0.25, 0.3) is 0 Å². The number of rotatable bonds is 1. The molecule has 0 radical (unpaired) electrons. The van der Waals surface area contributed by atoms with Crippen LogP contribution in [0.3, 0.4) is 0 Å². The molecule has 0 fully saturated rings. The van der Waals surface area contributed by atoms with Gasteiger partial charge in [0.15, 0.2) is 2.14 Å². The van der Waals surface area contributed by atoms with Gasteiger partial charge < -0.3 is 0 Å². The number of hydrogen-bond acceptors (Lipinski definition) is 0. The fourth-order valence-corrected chi connectivity index (χ4v) is 3.32. The van der Waals surface area contributed by atoms with Crippen molar-refractivity contribution in [3.63, 3.8) is 0 Å². The largest absolute Gasteiger partial charge is 0.164 e. The van der Waals surface area contributed by atoms with Crippen LogP contribution in [0.4, 0.5) is 0 Å². The molecule has 0 aliphatic carbocycles. The van der Waals surface area contributed by atoms with E-state index in [2.05, 4.69) is 95.6 Å². The standard InChI is InChI=1S/C8H4Br6/c9-6-4-2-1-3-5(6)7(10,11)8(12,13)14/h1-4H. The smallest absolute Gasteiger partial charge is 0.0639 e. The Bertz CT molecular complexity index is 327. The zero-order valence-electron chi connectivity index (χ0n) is 6.58. The molecule has 1 aromatic rings. The highest BCUT2D eigenvalue weighted by molar-refractivity contribution is 9.41. The van der Waals surface area contributed by atoms with Crippen LogP contribution >= 0.6 is 95.6 Å². The first-order chi connectivity index (χ1) is 6.27. The molecule has 14 heavy (non-hydrogen) atoms. The maximum Gasteiger partial charge on any atom is 0.164 e. The topological polar surface area (TPSA) is 0 Å². The summed E-state index contributed by atoms with van der Waals surface area (Å²) in [6.07, 6.45) is 0. The van der Waals surface area contributed by atoms with Gasteiger partial charge in [-0.05, 0) is 11.6 Å². The van der Waals surface area contributed by atoms with Crippen molar-refractivity contribution in [2.75, 3.05) is 0 Å². The van der Waals surface area contributed by atoms with Crippen LogP contribution < -0.4 is 0 Å². The summed E-state index contributed by atoms with van der Waals surface area (Å²) in [5, 5.41) is 0. The number of alkyl halides is 5. The Morgan fingerprint density at radius 2 is 1.36 bits per heavy atom. The molecular weight excluding hydrogens is 576 g/mol. The van der Waals surface area contributed by atoms with Gasteiger partial charge in [0.25, 0.3) is 0 Å². The summed E-state index contributed by atoms with van der Waals surface area (Å²) in [5.41, 5.74) is 1.07. The molecule has 0 amide bonds. The third-order valence-electron chi connectivity index (χ3n) is 1.57. The number of hydrogen-bond donors (Lipinski definition) is 0. The van der Waals surface area contributed by atoms with Crippen LogP contribution in [0.1, 0.15) is 5.56 Å². The first kappa shape index (κ1) is 14.2. The van der Waals surface area contributed by atoms with E-state index in [1.165, 1.54) is 0 Å². The molecule has 1 aromatic carbocycles. The molecule has 0 unspecified atom stereocenters. The van der Waals surface area contributed by atoms with Gasteiger partial charge in [-0.3, -0.25) is 0 Å². The van der Waals surface area contributed by atoms with Crippen LogP contribution in [-0.2, 0) is 3.23 Å². The van der Waals surface area contributed by atoms with E-state index in [0.29, 0.717) is 0 Å². The maximum absolute atomic E-state index is 3.61. The number of halogens is 6. The molecule has 0 bridgehead atoms. The molecule has 0 aromatic heterocycles. The minimum Gasteiger partial charge on any atom is -0.0639 e. The van der Waals surface area contributed by atoms with Crippen molar-refractivity contribution in [3.8, 4) is 0 Å². The monoisotopic (exact) mass is 574 g/mol. The maximum atomic E-state index is 3.61. The van der Waals surface area contributed by atoms with Crippen molar-refractivity contribution in [3.05, 3.63) is 34.3 Å². The summed E-state index contributed by atoms with van der Waals surface area (Å²) in [4.78, 5) is 0. The Labute approximate surface area is 133 Å². The van der Waals surface area contributed by atoms with Crippen LogP contribution in [0, 0.1) is 0 Å². The molecule has 0 N–H and O–H groups in total. The zero-order chi connectivity index (χ0) is 11.0. The van der Waals surface area contributed by atoms with Gasteiger partial charge in [0.2, 0.25) is 0 Å². The third-order valence-corrected chi connectivity index (χ3v) is 9.28. The van der Waals surface area contributed by atoms with Gasteiger partial charge in [-0.2, -0.15) is 0 Å². The first-order valence-electron chi connectivity index (χ1n) is 3.46. The molecule has 6 heteroatoms. The normalized spacial score (nSPS) is 13.0. The summed E-state index contributed by atoms with van der Waals surface area (Å²) in [5.74, 6) is 0. The second kappa shape index (κ2) is 5.17. The van der Waals surface area contributed by atoms with Gasteiger partial charge in [-0.25, -0.2) is 0 Å². The fraction of sp³-hybridized carbons (Fsp3) is 0.250. The minimum absolute atomic E-state index is 0.451. The summed E-state index contributed by atoms with van der Waals surface area (Å²) in [6, 6.07) is 7.97. The second-order valence-electron chi connectivity index (χ2n) is 2.55. The van der Waals surface area contributed by atoms with Crippen LogP contribution in [0.15, 0.2) is 28.7 Å². The van der Waals surface area contributed by atoms with Gasteiger partial charge in [-0.15, -0.1) is 0 Å². The van der Waals surface area contributed by atoms with E-state index in [1.54, 1.807) is 0 Å². The van der Waals surface area contributed by atoms with Crippen LogP contribution in [-0.4, -0.2) is 2.14 Å². The molecule has 0 aliphatic heterocycles. The average molecular weight is 580 g/mol. The Kier molecular flexibility index (Phi) is 5.23. The lowest BCUT2D eigenvalue weighted by Gasteiger charge is -2.30. The third kappa shape index (κ3) is 3.06. The van der Waals surface area contributed by atoms with Gasteiger partial charge in [-0.1, -0.05) is 114 Å². The Hall–Kier alpha value is 2.10. The second-order valence-corrected chi connectivity index (χ2v) is 13.6. The van der Waals surface area contributed by atoms with Gasteiger partial charge >= 0.3 is 0 Å². The fourth-order valence-electron chi connectivity index (χ4n) is 0.869. The predicted molar refractivity (Wildman–Crippen MR) is 83.2 cm³/mol. The Morgan fingerprint density at radius 3 is 1.79 bits per heavy atom. The molecule has 0 spiro atoms. The van der Waals surface area contributed by atoms with Crippen molar-refractivity contribution >= 4 is 95.6 Å². The van der Waals surface area contributed by atoms with E-state index < -0.39 is 5.38 Å². The molecule has 0 saturated heterocycles. The lowest BCUT2D eigenvalue weighted by atomic mass is 10.2. The van der Waals surface area contributed by atoms with Crippen LogP contribution in [0.2, 0.25) is 0 Å². The van der Waals surface area contributed by atoms with Crippen molar-refractivity contribution in [2.24, 2.45) is 0 Å². The van der Waals surface area contributed by atoms with Crippen molar-refractivity contribution in [1.29, 1.82) is 0 Å². The zero-order valence-corrected chi connectivity index (χ0v) is 16.1. The van der Waals surface area contributed by atoms with Crippen molar-refractivity contribution in [1.82, 2.24) is 0 Å². The Balaban J connectivity index is 3.23. The molecule has 0 atom stereocenters. The van der Waals surface area contributed by atoms with E-state index >= 15 is 0 Å². The number of benzene rings is 1. The molecule has 0 nitrogen and oxygen atoms in total. The highest BCUT2D eigenvalue weighted by atomic mass is 80.0. The summed E-state index contributed by atoms with van der Waals surface area (Å²) < 4.78 is 0.105. The van der Waals surface area contributed by atoms with E-state index in [9.17, 15) is 0 Å².